The second-order valence-electron chi connectivity index (χ2n) is 5.92. The van der Waals surface area contributed by atoms with Crippen molar-refractivity contribution in [3.8, 4) is 5.75 Å². The van der Waals surface area contributed by atoms with Gasteiger partial charge in [-0.1, -0.05) is 35.3 Å². The lowest BCUT2D eigenvalue weighted by atomic mass is 10.1. The fourth-order valence-electron chi connectivity index (χ4n) is 2.36. The van der Waals surface area contributed by atoms with Gasteiger partial charge in [-0.2, -0.15) is 0 Å². The van der Waals surface area contributed by atoms with Gasteiger partial charge in [-0.05, 0) is 68.1 Å². The van der Waals surface area contributed by atoms with E-state index in [-0.39, 0.29) is 5.91 Å². The number of carbonyl (C=O) groups is 1. The maximum atomic E-state index is 12.3. The van der Waals surface area contributed by atoms with E-state index in [2.05, 4.69) is 11.4 Å². The number of amides is 1. The third-order valence-corrected chi connectivity index (χ3v) is 4.49. The molecule has 1 unspecified atom stereocenters. The average Bonchev–Trinajstić information content (AvgIpc) is 2.50. The second kappa shape index (κ2) is 7.91. The summed E-state index contributed by atoms with van der Waals surface area (Å²) in [7, 11) is 0. The number of benzene rings is 2. The highest BCUT2D eigenvalue weighted by Crippen LogP contribution is 2.24. The Labute approximate surface area is 152 Å². The number of hydrogen-bond acceptors (Lipinski definition) is 2. The van der Waals surface area contributed by atoms with Crippen molar-refractivity contribution in [3.05, 3.63) is 62.6 Å². The van der Waals surface area contributed by atoms with Crippen LogP contribution in [0.5, 0.6) is 5.75 Å². The van der Waals surface area contributed by atoms with E-state index in [4.69, 9.17) is 27.9 Å². The second-order valence-corrected chi connectivity index (χ2v) is 6.76. The van der Waals surface area contributed by atoms with Crippen molar-refractivity contribution in [1.82, 2.24) is 5.32 Å². The minimum absolute atomic E-state index is 0.195. The number of ether oxygens (including phenoxy) is 1. The largest absolute Gasteiger partial charge is 0.481 e. The summed E-state index contributed by atoms with van der Waals surface area (Å²) in [6, 6.07) is 9.24. The minimum Gasteiger partial charge on any atom is -0.481 e. The minimum atomic E-state index is -0.601. The zero-order valence-corrected chi connectivity index (χ0v) is 15.8. The van der Waals surface area contributed by atoms with Crippen molar-refractivity contribution in [2.24, 2.45) is 0 Å². The molecule has 0 radical (unpaired) electrons. The monoisotopic (exact) mass is 365 g/mol. The highest BCUT2D eigenvalue weighted by atomic mass is 35.5. The van der Waals surface area contributed by atoms with Crippen LogP contribution in [0.4, 0.5) is 0 Å². The summed E-state index contributed by atoms with van der Waals surface area (Å²) < 4.78 is 5.84. The molecule has 0 aliphatic heterocycles. The maximum Gasteiger partial charge on any atom is 0.261 e. The van der Waals surface area contributed by atoms with Crippen LogP contribution in [-0.4, -0.2) is 12.0 Å². The summed E-state index contributed by atoms with van der Waals surface area (Å²) in [5.74, 6) is 0.541. The molecule has 3 nitrogen and oxygen atoms in total. The van der Waals surface area contributed by atoms with Crippen LogP contribution in [0.2, 0.25) is 10.0 Å². The number of halogens is 2. The van der Waals surface area contributed by atoms with Gasteiger partial charge in [0, 0.05) is 16.6 Å². The molecule has 0 aliphatic carbocycles. The molecule has 0 aromatic heterocycles. The molecule has 0 saturated carbocycles. The van der Waals surface area contributed by atoms with Gasteiger partial charge in [-0.15, -0.1) is 0 Å². The van der Waals surface area contributed by atoms with Gasteiger partial charge in [0.05, 0.1) is 0 Å². The van der Waals surface area contributed by atoms with Crippen molar-refractivity contribution < 1.29 is 9.53 Å². The summed E-state index contributed by atoms with van der Waals surface area (Å²) in [6.45, 7) is 8.08. The Hall–Kier alpha value is -1.71. The smallest absolute Gasteiger partial charge is 0.261 e. The Bertz CT molecular complexity index is 759. The lowest BCUT2D eigenvalue weighted by Crippen LogP contribution is -2.36. The normalized spacial score (nSPS) is 11.9. The van der Waals surface area contributed by atoms with Gasteiger partial charge >= 0.3 is 0 Å². The number of rotatable bonds is 5. The summed E-state index contributed by atoms with van der Waals surface area (Å²) in [4.78, 5) is 12.3. The van der Waals surface area contributed by atoms with Crippen LogP contribution in [0, 0.1) is 20.8 Å². The molecule has 0 aliphatic rings. The van der Waals surface area contributed by atoms with Crippen LogP contribution in [0.3, 0.4) is 0 Å². The number of nitrogens with one attached hydrogen (secondary N) is 1. The Morgan fingerprint density at radius 2 is 1.88 bits per heavy atom. The first-order valence-corrected chi connectivity index (χ1v) is 8.49. The molecule has 0 fully saturated rings. The number of hydrogen-bond donors (Lipinski definition) is 1. The van der Waals surface area contributed by atoms with Crippen molar-refractivity contribution in [3.63, 3.8) is 0 Å². The van der Waals surface area contributed by atoms with Gasteiger partial charge < -0.3 is 10.1 Å². The van der Waals surface area contributed by atoms with Gasteiger partial charge in [0.15, 0.2) is 6.10 Å². The van der Waals surface area contributed by atoms with E-state index in [1.165, 1.54) is 0 Å². The van der Waals surface area contributed by atoms with Gasteiger partial charge in [0.1, 0.15) is 5.75 Å². The van der Waals surface area contributed by atoms with Crippen LogP contribution in [0.15, 0.2) is 30.3 Å². The van der Waals surface area contributed by atoms with Crippen molar-refractivity contribution >= 4 is 29.1 Å². The lowest BCUT2D eigenvalue weighted by molar-refractivity contribution is -0.127. The molecule has 0 saturated heterocycles. The Kier molecular flexibility index (Phi) is 6.14. The van der Waals surface area contributed by atoms with E-state index >= 15 is 0 Å². The van der Waals surface area contributed by atoms with E-state index < -0.39 is 6.10 Å². The van der Waals surface area contributed by atoms with Gasteiger partial charge in [0.25, 0.3) is 5.91 Å². The van der Waals surface area contributed by atoms with E-state index in [0.717, 1.165) is 28.0 Å². The molecule has 24 heavy (non-hydrogen) atoms. The molecule has 0 bridgehead atoms. The summed E-state index contributed by atoms with van der Waals surface area (Å²) >= 11 is 12.0. The molecule has 2 aromatic carbocycles. The Morgan fingerprint density at radius 1 is 1.17 bits per heavy atom. The zero-order chi connectivity index (χ0) is 17.9. The molecule has 2 rings (SSSR count). The van der Waals surface area contributed by atoms with Gasteiger partial charge in [-0.25, -0.2) is 0 Å². The standard InChI is InChI=1S/C19H21Cl2NO2/c1-11-7-12(2)13(3)18(8-11)24-14(4)19(23)22-10-15-5-6-16(20)9-17(15)21/h5-9,14H,10H2,1-4H3,(H,22,23). The first-order valence-electron chi connectivity index (χ1n) is 7.74. The fraction of sp³-hybridized carbons (Fsp3) is 0.316. The van der Waals surface area contributed by atoms with Crippen LogP contribution in [-0.2, 0) is 11.3 Å². The molecule has 1 amide bonds. The molecular formula is C19H21Cl2NO2. The first-order chi connectivity index (χ1) is 11.3. The molecule has 0 heterocycles. The topological polar surface area (TPSA) is 38.3 Å². The Balaban J connectivity index is 2.00. The first kappa shape index (κ1) is 18.6. The quantitative estimate of drug-likeness (QED) is 0.809. The summed E-state index contributed by atoms with van der Waals surface area (Å²) in [5, 5.41) is 3.93. The zero-order valence-electron chi connectivity index (χ0n) is 14.2. The van der Waals surface area contributed by atoms with E-state index in [1.807, 2.05) is 26.8 Å². The number of carbonyl (C=O) groups excluding carboxylic acids is 1. The molecule has 128 valence electrons. The fourth-order valence-corrected chi connectivity index (χ4v) is 2.83. The van der Waals surface area contributed by atoms with E-state index in [0.29, 0.717) is 16.6 Å². The SMILES string of the molecule is Cc1cc(C)c(C)c(OC(C)C(=O)NCc2ccc(Cl)cc2Cl)c1. The average molecular weight is 366 g/mol. The van der Waals surface area contributed by atoms with Gasteiger partial charge in [-0.3, -0.25) is 4.79 Å². The van der Waals surface area contributed by atoms with E-state index in [9.17, 15) is 4.79 Å². The summed E-state index contributed by atoms with van der Waals surface area (Å²) in [6.07, 6.45) is -0.601. The van der Waals surface area contributed by atoms with Crippen LogP contribution >= 0.6 is 23.2 Å². The molecule has 2 aromatic rings. The van der Waals surface area contributed by atoms with Crippen LogP contribution in [0.25, 0.3) is 0 Å². The third kappa shape index (κ3) is 4.65. The molecule has 0 spiro atoms. The van der Waals surface area contributed by atoms with Crippen molar-refractivity contribution in [2.45, 2.75) is 40.3 Å². The van der Waals surface area contributed by atoms with Crippen LogP contribution in [0.1, 0.15) is 29.2 Å². The van der Waals surface area contributed by atoms with E-state index in [1.54, 1.807) is 25.1 Å². The highest BCUT2D eigenvalue weighted by molar-refractivity contribution is 6.35. The van der Waals surface area contributed by atoms with Gasteiger partial charge in [0.2, 0.25) is 0 Å². The number of aryl methyl sites for hydroxylation is 2. The molecule has 1 atom stereocenters. The van der Waals surface area contributed by atoms with Crippen LogP contribution < -0.4 is 10.1 Å². The summed E-state index contributed by atoms with van der Waals surface area (Å²) in [5.41, 5.74) is 4.10. The predicted octanol–water partition coefficient (Wildman–Crippen LogP) is 5.00. The lowest BCUT2D eigenvalue weighted by Gasteiger charge is -2.18. The molecule has 5 heteroatoms. The predicted molar refractivity (Wildman–Crippen MR) is 99.1 cm³/mol. The Morgan fingerprint density at radius 3 is 2.54 bits per heavy atom. The third-order valence-electron chi connectivity index (χ3n) is 3.91. The van der Waals surface area contributed by atoms with Crippen molar-refractivity contribution in [2.75, 3.05) is 0 Å². The molecular weight excluding hydrogens is 345 g/mol. The molecule has 1 N–H and O–H groups in total. The van der Waals surface area contributed by atoms with Crippen molar-refractivity contribution in [1.29, 1.82) is 0 Å². The maximum absolute atomic E-state index is 12.3. The highest BCUT2D eigenvalue weighted by Gasteiger charge is 2.16.